The van der Waals surface area contributed by atoms with Crippen LogP contribution in [0, 0.1) is 6.92 Å². The Morgan fingerprint density at radius 1 is 1.45 bits per heavy atom. The van der Waals surface area contributed by atoms with Crippen LogP contribution >= 0.6 is 23.2 Å². The van der Waals surface area contributed by atoms with Gasteiger partial charge in [-0.1, -0.05) is 17.7 Å². The summed E-state index contributed by atoms with van der Waals surface area (Å²) in [7, 11) is -3.08. The van der Waals surface area contributed by atoms with E-state index in [0.29, 0.717) is 17.1 Å². The minimum Gasteiger partial charge on any atom is -0.307 e. The van der Waals surface area contributed by atoms with E-state index in [4.69, 9.17) is 23.2 Å². The fourth-order valence-corrected chi connectivity index (χ4v) is 4.42. The fourth-order valence-electron chi connectivity index (χ4n) is 2.42. The lowest BCUT2D eigenvalue weighted by atomic mass is 10.1. The monoisotopic (exact) mass is 335 g/mol. The maximum atomic E-state index is 12.1. The first kappa shape index (κ1) is 15.6. The van der Waals surface area contributed by atoms with E-state index in [1.165, 1.54) is 4.90 Å². The number of anilines is 1. The minimum absolute atomic E-state index is 0.0262. The molecule has 0 saturated carbocycles. The van der Waals surface area contributed by atoms with Crippen LogP contribution < -0.4 is 4.90 Å². The largest absolute Gasteiger partial charge is 0.307 e. The van der Waals surface area contributed by atoms with Crippen molar-refractivity contribution in [3.05, 3.63) is 28.8 Å². The summed E-state index contributed by atoms with van der Waals surface area (Å²) in [5, 5.41) is 0.499. The SMILES string of the molecule is Cc1ccc(Cl)cc1N(C(=O)CCl)C1CCS(=O)(=O)C1. The van der Waals surface area contributed by atoms with Gasteiger partial charge in [0.05, 0.1) is 17.5 Å². The van der Waals surface area contributed by atoms with Crippen molar-refractivity contribution in [2.24, 2.45) is 0 Å². The van der Waals surface area contributed by atoms with E-state index in [0.717, 1.165) is 5.56 Å². The first-order valence-corrected chi connectivity index (χ1v) is 8.92. The highest BCUT2D eigenvalue weighted by molar-refractivity contribution is 7.91. The van der Waals surface area contributed by atoms with E-state index >= 15 is 0 Å². The van der Waals surface area contributed by atoms with Crippen molar-refractivity contribution in [1.29, 1.82) is 0 Å². The summed E-state index contributed by atoms with van der Waals surface area (Å²) in [6, 6.07) is 4.83. The molecular weight excluding hydrogens is 321 g/mol. The molecule has 0 aromatic heterocycles. The summed E-state index contributed by atoms with van der Waals surface area (Å²) in [4.78, 5) is 13.6. The van der Waals surface area contributed by atoms with Crippen molar-refractivity contribution < 1.29 is 13.2 Å². The second-order valence-corrected chi connectivity index (χ2v) is 7.82. The highest BCUT2D eigenvalue weighted by Crippen LogP contribution is 2.30. The maximum Gasteiger partial charge on any atom is 0.242 e. The third-order valence-electron chi connectivity index (χ3n) is 3.39. The smallest absolute Gasteiger partial charge is 0.242 e. The zero-order chi connectivity index (χ0) is 14.9. The van der Waals surface area contributed by atoms with Crippen LogP contribution in [-0.4, -0.2) is 37.8 Å². The Balaban J connectivity index is 2.43. The predicted octanol–water partition coefficient (Wildman–Crippen LogP) is 2.41. The molecule has 0 spiro atoms. The molecule has 0 radical (unpaired) electrons. The third kappa shape index (κ3) is 3.27. The van der Waals surface area contributed by atoms with Gasteiger partial charge in [-0.3, -0.25) is 4.79 Å². The molecular formula is C13H15Cl2NO3S. The molecule has 1 aromatic carbocycles. The molecule has 4 nitrogen and oxygen atoms in total. The van der Waals surface area contributed by atoms with Crippen LogP contribution in [0.3, 0.4) is 0 Å². The van der Waals surface area contributed by atoms with Crippen molar-refractivity contribution in [2.45, 2.75) is 19.4 Å². The number of hydrogen-bond acceptors (Lipinski definition) is 3. The Morgan fingerprint density at radius 2 is 2.15 bits per heavy atom. The highest BCUT2D eigenvalue weighted by atomic mass is 35.5. The average molecular weight is 336 g/mol. The summed E-state index contributed by atoms with van der Waals surface area (Å²) >= 11 is 11.6. The highest BCUT2D eigenvalue weighted by Gasteiger charge is 2.35. The molecule has 1 saturated heterocycles. The molecule has 1 unspecified atom stereocenters. The predicted molar refractivity (Wildman–Crippen MR) is 81.5 cm³/mol. The molecule has 0 N–H and O–H groups in total. The number of benzene rings is 1. The number of sulfone groups is 1. The molecule has 2 rings (SSSR count). The van der Waals surface area contributed by atoms with Gasteiger partial charge in [0.2, 0.25) is 5.91 Å². The number of hydrogen-bond donors (Lipinski definition) is 0. The quantitative estimate of drug-likeness (QED) is 0.797. The fraction of sp³-hybridized carbons (Fsp3) is 0.462. The van der Waals surface area contributed by atoms with Crippen LogP contribution in [0.1, 0.15) is 12.0 Å². The van der Waals surface area contributed by atoms with Crippen LogP contribution in [-0.2, 0) is 14.6 Å². The van der Waals surface area contributed by atoms with Crippen molar-refractivity contribution in [3.63, 3.8) is 0 Å². The van der Waals surface area contributed by atoms with Crippen LogP contribution in [0.25, 0.3) is 0 Å². The van der Waals surface area contributed by atoms with Gasteiger partial charge in [-0.25, -0.2) is 8.42 Å². The van der Waals surface area contributed by atoms with Gasteiger partial charge < -0.3 is 4.90 Å². The number of aryl methyl sites for hydroxylation is 1. The first-order chi connectivity index (χ1) is 9.34. The van der Waals surface area contributed by atoms with E-state index in [2.05, 4.69) is 0 Å². The molecule has 1 atom stereocenters. The molecule has 1 heterocycles. The molecule has 1 aliphatic heterocycles. The van der Waals surface area contributed by atoms with Gasteiger partial charge in [-0.05, 0) is 31.0 Å². The first-order valence-electron chi connectivity index (χ1n) is 6.18. The van der Waals surface area contributed by atoms with Crippen LogP contribution in [0.5, 0.6) is 0 Å². The van der Waals surface area contributed by atoms with Crippen molar-refractivity contribution >= 4 is 44.6 Å². The van der Waals surface area contributed by atoms with Gasteiger partial charge in [-0.15, -0.1) is 11.6 Å². The molecule has 1 fully saturated rings. The Morgan fingerprint density at radius 3 is 2.70 bits per heavy atom. The number of carbonyl (C=O) groups excluding carboxylic acids is 1. The van der Waals surface area contributed by atoms with Gasteiger partial charge in [-0.2, -0.15) is 0 Å². The maximum absolute atomic E-state index is 12.1. The summed E-state index contributed by atoms with van der Waals surface area (Å²) in [5.74, 6) is -0.424. The summed E-state index contributed by atoms with van der Waals surface area (Å²) < 4.78 is 23.3. The Bertz CT molecular complexity index is 631. The number of nitrogens with zero attached hydrogens (tertiary/aromatic N) is 1. The van der Waals surface area contributed by atoms with Gasteiger partial charge in [0.15, 0.2) is 9.84 Å². The van der Waals surface area contributed by atoms with Crippen molar-refractivity contribution in [3.8, 4) is 0 Å². The Kier molecular flexibility index (Phi) is 4.62. The Labute approximate surface area is 128 Å². The topological polar surface area (TPSA) is 54.5 Å². The summed E-state index contributed by atoms with van der Waals surface area (Å²) in [6.07, 6.45) is 0.427. The van der Waals surface area contributed by atoms with Gasteiger partial charge in [0.25, 0.3) is 0 Å². The van der Waals surface area contributed by atoms with E-state index in [1.54, 1.807) is 18.2 Å². The van der Waals surface area contributed by atoms with Crippen LogP contribution in [0.15, 0.2) is 18.2 Å². The number of amides is 1. The van der Waals surface area contributed by atoms with Gasteiger partial charge in [0, 0.05) is 10.7 Å². The lowest BCUT2D eigenvalue weighted by Gasteiger charge is -2.29. The van der Waals surface area contributed by atoms with Crippen molar-refractivity contribution in [2.75, 3.05) is 22.3 Å². The van der Waals surface area contributed by atoms with E-state index in [1.807, 2.05) is 6.92 Å². The van der Waals surface area contributed by atoms with Gasteiger partial charge >= 0.3 is 0 Å². The average Bonchev–Trinajstić information content (AvgIpc) is 2.74. The number of carbonyl (C=O) groups is 1. The van der Waals surface area contributed by atoms with E-state index in [-0.39, 0.29) is 29.3 Å². The lowest BCUT2D eigenvalue weighted by Crippen LogP contribution is -2.42. The molecule has 0 bridgehead atoms. The van der Waals surface area contributed by atoms with E-state index < -0.39 is 9.84 Å². The summed E-state index contributed by atoms with van der Waals surface area (Å²) in [5.41, 5.74) is 1.49. The molecule has 1 amide bonds. The third-order valence-corrected chi connectivity index (χ3v) is 5.60. The molecule has 20 heavy (non-hydrogen) atoms. The second kappa shape index (κ2) is 5.92. The number of halogens is 2. The summed E-state index contributed by atoms with van der Waals surface area (Å²) in [6.45, 7) is 1.85. The van der Waals surface area contributed by atoms with E-state index in [9.17, 15) is 13.2 Å². The minimum atomic E-state index is -3.08. The lowest BCUT2D eigenvalue weighted by molar-refractivity contribution is -0.116. The Hall–Kier alpha value is -0.780. The standard InChI is InChI=1S/C13H15Cl2NO3S/c1-9-2-3-10(15)6-12(9)16(13(17)7-14)11-4-5-20(18,19)8-11/h2-3,6,11H,4-5,7-8H2,1H3. The molecule has 0 aliphatic carbocycles. The molecule has 1 aromatic rings. The molecule has 110 valence electrons. The van der Waals surface area contributed by atoms with Crippen molar-refractivity contribution in [1.82, 2.24) is 0 Å². The van der Waals surface area contributed by atoms with Crippen LogP contribution in [0.4, 0.5) is 5.69 Å². The zero-order valence-electron chi connectivity index (χ0n) is 11.0. The normalized spacial score (nSPS) is 20.9. The molecule has 7 heteroatoms. The number of alkyl halides is 1. The van der Waals surface area contributed by atoms with Gasteiger partial charge in [0.1, 0.15) is 5.88 Å². The van der Waals surface area contributed by atoms with Crippen LogP contribution in [0.2, 0.25) is 5.02 Å². The zero-order valence-corrected chi connectivity index (χ0v) is 13.3. The second-order valence-electron chi connectivity index (χ2n) is 4.89. The molecule has 1 aliphatic rings. The number of rotatable bonds is 3.